The summed E-state index contributed by atoms with van der Waals surface area (Å²) >= 11 is 0. The Morgan fingerprint density at radius 2 is 2.00 bits per heavy atom. The molecule has 3 N–H and O–H groups in total. The molecule has 0 saturated heterocycles. The largest absolute Gasteiger partial charge is 0.384 e. The summed E-state index contributed by atoms with van der Waals surface area (Å²) in [4.78, 5) is 12.3. The second-order valence-electron chi connectivity index (χ2n) is 5.69. The molecule has 26 heavy (non-hydrogen) atoms. The summed E-state index contributed by atoms with van der Waals surface area (Å²) in [6.45, 7) is 3.32. The molecule has 0 amide bonds. The minimum atomic E-state index is -3.90. The number of aromatic amines is 1. The second kappa shape index (κ2) is 7.30. The number of nitrogen functional groups attached to an aromatic ring is 1. The number of fused-ring (bicyclic) bond motifs is 1. The van der Waals surface area contributed by atoms with Crippen LogP contribution in [0.5, 0.6) is 0 Å². The average molecular weight is 376 g/mol. The highest BCUT2D eigenvalue weighted by atomic mass is 32.2. The van der Waals surface area contributed by atoms with Crippen molar-refractivity contribution in [3.8, 4) is 0 Å². The monoisotopic (exact) mass is 376 g/mol. The van der Waals surface area contributed by atoms with E-state index in [1.807, 2.05) is 6.92 Å². The van der Waals surface area contributed by atoms with Crippen molar-refractivity contribution in [1.29, 1.82) is 0 Å². The molecule has 0 atom stereocenters. The number of ether oxygens (including phenoxy) is 1. The topological polar surface area (TPSA) is 120 Å². The maximum atomic E-state index is 13.1. The molecule has 0 unspecified atom stereocenters. The average Bonchev–Trinajstić information content (AvgIpc) is 2.93. The van der Waals surface area contributed by atoms with Crippen LogP contribution in [0.15, 0.2) is 51.1 Å². The Hall–Kier alpha value is -2.65. The predicted octanol–water partition coefficient (Wildman–Crippen LogP) is 1.57. The van der Waals surface area contributed by atoms with Crippen LogP contribution in [-0.2, 0) is 21.1 Å². The Morgan fingerprint density at radius 1 is 1.27 bits per heavy atom. The number of sulfone groups is 1. The van der Waals surface area contributed by atoms with Crippen molar-refractivity contribution in [3.63, 3.8) is 0 Å². The maximum Gasteiger partial charge on any atom is 0.288 e. The molecule has 9 heteroatoms. The second-order valence-corrected chi connectivity index (χ2v) is 7.58. The Balaban J connectivity index is 2.19. The number of nitrogens with zero attached hydrogens (tertiary/aromatic N) is 2. The first kappa shape index (κ1) is 18.2. The number of nitrogens with two attached hydrogens (primary N) is 1. The van der Waals surface area contributed by atoms with E-state index in [0.29, 0.717) is 26.2 Å². The molecule has 0 bridgehead atoms. The summed E-state index contributed by atoms with van der Waals surface area (Å²) in [5.41, 5.74) is 5.90. The minimum absolute atomic E-state index is 0.0267. The van der Waals surface area contributed by atoms with E-state index in [4.69, 9.17) is 10.5 Å². The molecule has 1 aromatic carbocycles. The molecule has 0 aliphatic rings. The normalized spacial score (nSPS) is 11.9. The van der Waals surface area contributed by atoms with Crippen LogP contribution in [-0.4, -0.2) is 36.4 Å². The van der Waals surface area contributed by atoms with Crippen LogP contribution < -0.4 is 11.3 Å². The van der Waals surface area contributed by atoms with Crippen molar-refractivity contribution < 1.29 is 13.2 Å². The lowest BCUT2D eigenvalue weighted by Gasteiger charge is -2.08. The van der Waals surface area contributed by atoms with Crippen LogP contribution in [0, 0.1) is 0 Å². The zero-order chi connectivity index (χ0) is 18.7. The van der Waals surface area contributed by atoms with Crippen LogP contribution in [0.25, 0.3) is 10.9 Å². The van der Waals surface area contributed by atoms with Crippen LogP contribution in [0.3, 0.4) is 0 Å². The van der Waals surface area contributed by atoms with Crippen molar-refractivity contribution >= 4 is 26.6 Å². The zero-order valence-electron chi connectivity index (χ0n) is 14.3. The lowest BCUT2D eigenvalue weighted by Crippen LogP contribution is -2.14. The van der Waals surface area contributed by atoms with E-state index >= 15 is 0 Å². The zero-order valence-corrected chi connectivity index (χ0v) is 15.1. The SMILES string of the molecule is CCOCCCn1c(N)c(S(=O)(=O)c2ccccc2)c2cn[nH]c(=O)c21. The molecule has 0 fully saturated rings. The van der Waals surface area contributed by atoms with Gasteiger partial charge in [0.1, 0.15) is 16.2 Å². The summed E-state index contributed by atoms with van der Waals surface area (Å²) in [6, 6.07) is 7.98. The first-order chi connectivity index (χ1) is 12.5. The third-order valence-electron chi connectivity index (χ3n) is 4.06. The van der Waals surface area contributed by atoms with Gasteiger partial charge in [0.05, 0.1) is 11.1 Å². The van der Waals surface area contributed by atoms with Gasteiger partial charge in [-0.25, -0.2) is 13.5 Å². The van der Waals surface area contributed by atoms with E-state index in [1.54, 1.807) is 18.2 Å². The maximum absolute atomic E-state index is 13.1. The van der Waals surface area contributed by atoms with Gasteiger partial charge in [-0.1, -0.05) is 18.2 Å². The fourth-order valence-electron chi connectivity index (χ4n) is 2.91. The smallest absolute Gasteiger partial charge is 0.288 e. The molecule has 0 aliphatic carbocycles. The molecule has 2 heterocycles. The summed E-state index contributed by atoms with van der Waals surface area (Å²) in [5, 5.41) is 6.30. The molecule has 0 radical (unpaired) electrons. The molecule has 0 aliphatic heterocycles. The third-order valence-corrected chi connectivity index (χ3v) is 5.92. The molecule has 138 valence electrons. The van der Waals surface area contributed by atoms with Gasteiger partial charge in [0, 0.05) is 25.1 Å². The van der Waals surface area contributed by atoms with Crippen molar-refractivity contribution in [2.75, 3.05) is 18.9 Å². The van der Waals surface area contributed by atoms with Gasteiger partial charge in [-0.05, 0) is 25.5 Å². The summed E-state index contributed by atoms with van der Waals surface area (Å²) in [5.74, 6) is 0.0267. The van der Waals surface area contributed by atoms with Gasteiger partial charge in [0.2, 0.25) is 9.84 Å². The van der Waals surface area contributed by atoms with E-state index < -0.39 is 15.4 Å². The minimum Gasteiger partial charge on any atom is -0.384 e. The van der Waals surface area contributed by atoms with E-state index in [9.17, 15) is 13.2 Å². The van der Waals surface area contributed by atoms with Crippen LogP contribution in [0.4, 0.5) is 5.82 Å². The molecule has 3 rings (SSSR count). The van der Waals surface area contributed by atoms with Crippen molar-refractivity contribution in [1.82, 2.24) is 14.8 Å². The fourth-order valence-corrected chi connectivity index (χ4v) is 4.48. The highest BCUT2D eigenvalue weighted by molar-refractivity contribution is 7.92. The van der Waals surface area contributed by atoms with Gasteiger partial charge in [-0.2, -0.15) is 5.10 Å². The highest BCUT2D eigenvalue weighted by Gasteiger charge is 2.29. The predicted molar refractivity (Wildman–Crippen MR) is 97.8 cm³/mol. The number of rotatable bonds is 7. The highest BCUT2D eigenvalue weighted by Crippen LogP contribution is 2.34. The Bertz CT molecular complexity index is 1070. The number of aromatic nitrogens is 3. The van der Waals surface area contributed by atoms with Crippen LogP contribution >= 0.6 is 0 Å². The number of hydrogen-bond donors (Lipinski definition) is 2. The van der Waals surface area contributed by atoms with Gasteiger partial charge >= 0.3 is 0 Å². The standard InChI is InChI=1S/C17H20N4O4S/c1-2-25-10-6-9-21-14-13(11-19-20-17(14)22)15(16(21)18)26(23,24)12-7-4-3-5-8-12/h3-5,7-8,11H,2,6,9-10,18H2,1H3,(H,20,22). The molecule has 3 aromatic rings. The Labute approximate surface area is 150 Å². The summed E-state index contributed by atoms with van der Waals surface area (Å²) < 4.78 is 33.1. The van der Waals surface area contributed by atoms with Crippen LogP contribution in [0.1, 0.15) is 13.3 Å². The van der Waals surface area contributed by atoms with Gasteiger partial charge in [-0.3, -0.25) is 4.79 Å². The molecular weight excluding hydrogens is 356 g/mol. The van der Waals surface area contributed by atoms with Crippen molar-refractivity contribution in [2.45, 2.75) is 29.7 Å². The lowest BCUT2D eigenvalue weighted by molar-refractivity contribution is 0.142. The summed E-state index contributed by atoms with van der Waals surface area (Å²) in [7, 11) is -3.90. The Morgan fingerprint density at radius 3 is 2.69 bits per heavy atom. The number of benzene rings is 1. The Kier molecular flexibility index (Phi) is 5.10. The number of H-pyrrole nitrogens is 1. The van der Waals surface area contributed by atoms with E-state index in [-0.39, 0.29) is 26.5 Å². The van der Waals surface area contributed by atoms with E-state index in [2.05, 4.69) is 10.2 Å². The van der Waals surface area contributed by atoms with Crippen LogP contribution in [0.2, 0.25) is 0 Å². The van der Waals surface area contributed by atoms with E-state index in [1.165, 1.54) is 22.9 Å². The number of aryl methyl sites for hydroxylation is 1. The first-order valence-corrected chi connectivity index (χ1v) is 9.70. The molecule has 2 aromatic heterocycles. The molecular formula is C17H20N4O4S. The number of nitrogens with one attached hydrogen (secondary N) is 1. The molecule has 0 saturated carbocycles. The van der Waals surface area contributed by atoms with E-state index in [0.717, 1.165) is 0 Å². The third kappa shape index (κ3) is 3.11. The summed E-state index contributed by atoms with van der Waals surface area (Å²) in [6.07, 6.45) is 1.91. The molecule has 0 spiro atoms. The van der Waals surface area contributed by atoms with Gasteiger partial charge in [0.25, 0.3) is 5.56 Å². The first-order valence-electron chi connectivity index (χ1n) is 8.21. The number of anilines is 1. The van der Waals surface area contributed by atoms with Gasteiger partial charge < -0.3 is 15.0 Å². The lowest BCUT2D eigenvalue weighted by atomic mass is 10.3. The molecule has 8 nitrogen and oxygen atoms in total. The fraction of sp³-hybridized carbons (Fsp3) is 0.294. The quantitative estimate of drug-likeness (QED) is 0.604. The number of hydrogen-bond acceptors (Lipinski definition) is 6. The van der Waals surface area contributed by atoms with Crippen molar-refractivity contribution in [3.05, 3.63) is 46.9 Å². The van der Waals surface area contributed by atoms with Crippen molar-refractivity contribution in [2.24, 2.45) is 0 Å². The van der Waals surface area contributed by atoms with Gasteiger partial charge in [-0.15, -0.1) is 0 Å². The van der Waals surface area contributed by atoms with Gasteiger partial charge in [0.15, 0.2) is 0 Å².